The van der Waals surface area contributed by atoms with E-state index < -0.39 is 10.0 Å². The Morgan fingerprint density at radius 2 is 1.90 bits per heavy atom. The summed E-state index contributed by atoms with van der Waals surface area (Å²) in [5.41, 5.74) is 3.22. The van der Waals surface area contributed by atoms with Crippen LogP contribution in [0.15, 0.2) is 28.7 Å². The highest BCUT2D eigenvalue weighted by Gasteiger charge is 2.29. The van der Waals surface area contributed by atoms with Gasteiger partial charge in [0.25, 0.3) is 5.91 Å². The summed E-state index contributed by atoms with van der Waals surface area (Å²) in [7, 11) is -2.12. The van der Waals surface area contributed by atoms with Crippen molar-refractivity contribution < 1.29 is 13.2 Å². The Kier molecular flexibility index (Phi) is 3.14. The summed E-state index contributed by atoms with van der Waals surface area (Å²) < 4.78 is 26.1. The molecule has 6 heteroatoms. The maximum atomic E-state index is 12.1. The third-order valence-electron chi connectivity index (χ3n) is 3.88. The van der Waals surface area contributed by atoms with Crippen molar-refractivity contribution in [2.75, 3.05) is 12.4 Å². The minimum absolute atomic E-state index is 0.115. The second-order valence-corrected chi connectivity index (χ2v) is 6.94. The van der Waals surface area contributed by atoms with Gasteiger partial charge in [0.15, 0.2) is 0 Å². The first-order valence-corrected chi connectivity index (χ1v) is 8.12. The van der Waals surface area contributed by atoms with Gasteiger partial charge < -0.3 is 5.32 Å². The lowest BCUT2D eigenvalue weighted by atomic mass is 10.00. The van der Waals surface area contributed by atoms with Gasteiger partial charge in [0.1, 0.15) is 0 Å². The number of sulfonamides is 1. The molecular weight excluding hydrogens is 276 g/mol. The fourth-order valence-corrected chi connectivity index (χ4v) is 3.59. The van der Waals surface area contributed by atoms with Crippen molar-refractivity contribution in [2.24, 2.45) is 0 Å². The standard InChI is InChI=1S/C14H16N2O3S/c1-15-20(18,19)10-6-7-12-11(8-10)13(14(17)16-12)9-4-2-3-5-9/h6-8,15H,2-5H2,1H3,(H,16,17). The summed E-state index contributed by atoms with van der Waals surface area (Å²) in [6, 6.07) is 4.74. The first kappa shape index (κ1) is 13.3. The van der Waals surface area contributed by atoms with Crippen LogP contribution in [-0.4, -0.2) is 21.4 Å². The van der Waals surface area contributed by atoms with E-state index in [0.717, 1.165) is 31.3 Å². The lowest BCUT2D eigenvalue weighted by molar-refractivity contribution is -0.110. The van der Waals surface area contributed by atoms with Crippen LogP contribution in [0.5, 0.6) is 0 Å². The zero-order valence-electron chi connectivity index (χ0n) is 11.2. The highest BCUT2D eigenvalue weighted by Crippen LogP contribution is 2.40. The van der Waals surface area contributed by atoms with Crippen LogP contribution in [0.2, 0.25) is 0 Å². The first-order valence-electron chi connectivity index (χ1n) is 6.64. The Labute approximate surface area is 118 Å². The highest BCUT2D eigenvalue weighted by atomic mass is 32.2. The van der Waals surface area contributed by atoms with Crippen LogP contribution in [0.4, 0.5) is 5.69 Å². The van der Waals surface area contributed by atoms with Crippen molar-refractivity contribution in [1.82, 2.24) is 4.72 Å². The molecule has 0 atom stereocenters. The van der Waals surface area contributed by atoms with E-state index in [9.17, 15) is 13.2 Å². The minimum Gasteiger partial charge on any atom is -0.321 e. The van der Waals surface area contributed by atoms with E-state index in [1.165, 1.54) is 13.1 Å². The summed E-state index contributed by atoms with van der Waals surface area (Å²) in [5.74, 6) is -0.115. The number of anilines is 1. The highest BCUT2D eigenvalue weighted by molar-refractivity contribution is 7.89. The molecule has 0 spiro atoms. The molecule has 0 radical (unpaired) electrons. The Morgan fingerprint density at radius 1 is 1.20 bits per heavy atom. The maximum absolute atomic E-state index is 12.1. The molecular formula is C14H16N2O3S. The van der Waals surface area contributed by atoms with E-state index in [1.54, 1.807) is 12.1 Å². The molecule has 1 heterocycles. The van der Waals surface area contributed by atoms with Gasteiger partial charge >= 0.3 is 0 Å². The van der Waals surface area contributed by atoms with Gasteiger partial charge in [-0.05, 0) is 50.9 Å². The van der Waals surface area contributed by atoms with Crippen molar-refractivity contribution in [3.63, 3.8) is 0 Å². The molecule has 3 rings (SSSR count). The summed E-state index contributed by atoms with van der Waals surface area (Å²) in [6.07, 6.45) is 4.03. The molecule has 0 bridgehead atoms. The topological polar surface area (TPSA) is 75.3 Å². The van der Waals surface area contributed by atoms with Gasteiger partial charge in [-0.3, -0.25) is 4.79 Å². The predicted octanol–water partition coefficient (Wildman–Crippen LogP) is 1.87. The largest absolute Gasteiger partial charge is 0.321 e. The second kappa shape index (κ2) is 4.71. The molecule has 1 aromatic carbocycles. The molecule has 0 saturated heterocycles. The molecule has 2 N–H and O–H groups in total. The van der Waals surface area contributed by atoms with E-state index in [-0.39, 0.29) is 10.8 Å². The monoisotopic (exact) mass is 292 g/mol. The van der Waals surface area contributed by atoms with Crippen molar-refractivity contribution in [3.05, 3.63) is 29.3 Å². The van der Waals surface area contributed by atoms with Gasteiger partial charge in [-0.1, -0.05) is 5.57 Å². The normalized spacial score (nSPS) is 18.4. The average molecular weight is 292 g/mol. The van der Waals surface area contributed by atoms with Crippen LogP contribution in [0.25, 0.3) is 5.57 Å². The molecule has 5 nitrogen and oxygen atoms in total. The number of nitrogens with one attached hydrogen (secondary N) is 2. The van der Waals surface area contributed by atoms with Gasteiger partial charge in [0.05, 0.1) is 4.90 Å². The number of hydrogen-bond donors (Lipinski definition) is 2. The number of amides is 1. The van der Waals surface area contributed by atoms with E-state index in [2.05, 4.69) is 10.0 Å². The van der Waals surface area contributed by atoms with Crippen LogP contribution in [0.3, 0.4) is 0 Å². The molecule has 1 aliphatic carbocycles. The molecule has 1 saturated carbocycles. The zero-order chi connectivity index (χ0) is 14.3. The summed E-state index contributed by atoms with van der Waals surface area (Å²) in [4.78, 5) is 12.3. The van der Waals surface area contributed by atoms with Crippen molar-refractivity contribution in [3.8, 4) is 0 Å². The van der Waals surface area contributed by atoms with Crippen LogP contribution < -0.4 is 10.0 Å². The lowest BCUT2D eigenvalue weighted by Crippen LogP contribution is -2.18. The number of benzene rings is 1. The smallest absolute Gasteiger partial charge is 0.256 e. The quantitative estimate of drug-likeness (QED) is 0.817. The van der Waals surface area contributed by atoms with Crippen LogP contribution in [0.1, 0.15) is 31.2 Å². The number of carbonyl (C=O) groups excluding carboxylic acids is 1. The number of fused-ring (bicyclic) bond motifs is 1. The lowest BCUT2D eigenvalue weighted by Gasteiger charge is -2.06. The number of hydrogen-bond acceptors (Lipinski definition) is 3. The molecule has 20 heavy (non-hydrogen) atoms. The molecule has 2 aliphatic rings. The van der Waals surface area contributed by atoms with Crippen molar-refractivity contribution in [1.29, 1.82) is 0 Å². The predicted molar refractivity (Wildman–Crippen MR) is 76.7 cm³/mol. The summed E-state index contributed by atoms with van der Waals surface area (Å²) >= 11 is 0. The Hall–Kier alpha value is -1.66. The first-order chi connectivity index (χ1) is 9.53. The molecule has 1 amide bonds. The molecule has 0 unspecified atom stereocenters. The fourth-order valence-electron chi connectivity index (χ4n) is 2.83. The van der Waals surface area contributed by atoms with E-state index in [1.807, 2.05) is 0 Å². The van der Waals surface area contributed by atoms with Crippen molar-refractivity contribution >= 4 is 27.2 Å². The number of allylic oxidation sites excluding steroid dienone is 1. The SMILES string of the molecule is CNS(=O)(=O)c1ccc2c(c1)C(=C1CCCC1)C(=O)N2. The Bertz CT molecular complexity index is 712. The summed E-state index contributed by atoms with van der Waals surface area (Å²) in [6.45, 7) is 0. The van der Waals surface area contributed by atoms with E-state index >= 15 is 0 Å². The second-order valence-electron chi connectivity index (χ2n) is 5.05. The summed E-state index contributed by atoms with van der Waals surface area (Å²) in [5, 5.41) is 2.81. The molecule has 106 valence electrons. The van der Waals surface area contributed by atoms with E-state index in [4.69, 9.17) is 0 Å². The third kappa shape index (κ3) is 2.05. The Balaban J connectivity index is 2.16. The zero-order valence-corrected chi connectivity index (χ0v) is 12.0. The van der Waals surface area contributed by atoms with Crippen LogP contribution in [-0.2, 0) is 14.8 Å². The average Bonchev–Trinajstić information content (AvgIpc) is 3.03. The third-order valence-corrected chi connectivity index (χ3v) is 5.29. The van der Waals surface area contributed by atoms with Gasteiger partial charge in [-0.25, -0.2) is 13.1 Å². The maximum Gasteiger partial charge on any atom is 0.256 e. The van der Waals surface area contributed by atoms with Gasteiger partial charge in [-0.15, -0.1) is 0 Å². The number of rotatable bonds is 2. The molecule has 1 aliphatic heterocycles. The fraction of sp³-hybridized carbons (Fsp3) is 0.357. The van der Waals surface area contributed by atoms with E-state index in [0.29, 0.717) is 16.8 Å². The number of carbonyl (C=O) groups is 1. The van der Waals surface area contributed by atoms with Crippen LogP contribution in [0, 0.1) is 0 Å². The van der Waals surface area contributed by atoms with Crippen molar-refractivity contribution in [2.45, 2.75) is 30.6 Å². The van der Waals surface area contributed by atoms with Gasteiger partial charge in [-0.2, -0.15) is 0 Å². The molecule has 1 aromatic rings. The molecule has 1 fully saturated rings. The minimum atomic E-state index is -3.50. The van der Waals surface area contributed by atoms with Gasteiger partial charge in [0, 0.05) is 16.8 Å². The van der Waals surface area contributed by atoms with Gasteiger partial charge in [0.2, 0.25) is 10.0 Å². The van der Waals surface area contributed by atoms with Crippen LogP contribution >= 0.6 is 0 Å². The Morgan fingerprint density at radius 3 is 2.55 bits per heavy atom. The molecule has 0 aromatic heterocycles.